The third-order valence-corrected chi connectivity index (χ3v) is 6.30. The summed E-state index contributed by atoms with van der Waals surface area (Å²) in [5.41, 5.74) is 17.5. The number of amides is 5. The second kappa shape index (κ2) is 13.9. The number of para-hydroxylation sites is 1. The molecule has 0 spiro atoms. The highest BCUT2D eigenvalue weighted by molar-refractivity contribution is 5.96. The summed E-state index contributed by atoms with van der Waals surface area (Å²) in [6.45, 7) is 3.44. The average molecular weight is 546 g/mol. The van der Waals surface area contributed by atoms with Gasteiger partial charge in [-0.15, -0.1) is 0 Å². The Bertz CT molecular complexity index is 1230. The van der Waals surface area contributed by atoms with Crippen molar-refractivity contribution >= 4 is 46.4 Å². The van der Waals surface area contributed by atoms with Crippen molar-refractivity contribution < 1.29 is 33.9 Å². The molecule has 212 valence electrons. The lowest BCUT2D eigenvalue weighted by molar-refractivity contribution is -0.144. The number of fused-ring (bicyclic) bond motifs is 1. The number of carboxylic acid groups (broad SMARTS) is 1. The van der Waals surface area contributed by atoms with Crippen LogP contribution in [0.2, 0.25) is 0 Å². The van der Waals surface area contributed by atoms with Crippen LogP contribution in [-0.4, -0.2) is 69.8 Å². The molecule has 11 N–H and O–H groups in total. The number of primary amides is 2. The fraction of sp³-hybridized carbons (Fsp3) is 0.440. The van der Waals surface area contributed by atoms with Gasteiger partial charge in [-0.3, -0.25) is 24.0 Å². The van der Waals surface area contributed by atoms with Gasteiger partial charge in [0.15, 0.2) is 0 Å². The molecule has 1 aromatic heterocycles. The predicted octanol–water partition coefficient (Wildman–Crippen LogP) is -1.63. The van der Waals surface area contributed by atoms with Crippen molar-refractivity contribution in [3.63, 3.8) is 0 Å². The highest BCUT2D eigenvalue weighted by Crippen LogP contribution is 2.19. The summed E-state index contributed by atoms with van der Waals surface area (Å²) in [4.78, 5) is 76.3. The zero-order valence-electron chi connectivity index (χ0n) is 21.7. The summed E-state index contributed by atoms with van der Waals surface area (Å²) in [5.74, 6) is -6.04. The summed E-state index contributed by atoms with van der Waals surface area (Å²) < 4.78 is 0. The second-order valence-electron chi connectivity index (χ2n) is 9.34. The number of rotatable bonds is 15. The average Bonchev–Trinajstić information content (AvgIpc) is 3.27. The molecule has 0 saturated heterocycles. The van der Waals surface area contributed by atoms with E-state index < -0.39 is 78.4 Å². The third-order valence-electron chi connectivity index (χ3n) is 6.30. The number of H-pyrrole nitrogens is 1. The van der Waals surface area contributed by atoms with Crippen LogP contribution in [0.3, 0.4) is 0 Å². The van der Waals surface area contributed by atoms with Crippen molar-refractivity contribution in [2.24, 2.45) is 23.1 Å². The topological polar surface area (TPSA) is 253 Å². The summed E-state index contributed by atoms with van der Waals surface area (Å²) in [6, 6.07) is 1.97. The molecule has 0 fully saturated rings. The zero-order valence-corrected chi connectivity index (χ0v) is 21.7. The first-order valence-electron chi connectivity index (χ1n) is 12.3. The smallest absolute Gasteiger partial charge is 0.326 e. The number of hydrogen-bond acceptors (Lipinski definition) is 7. The quantitative estimate of drug-likeness (QED) is 0.129. The first kappa shape index (κ1) is 30.8. The van der Waals surface area contributed by atoms with Crippen LogP contribution in [0.5, 0.6) is 0 Å². The van der Waals surface area contributed by atoms with Gasteiger partial charge in [-0.25, -0.2) is 4.79 Å². The van der Waals surface area contributed by atoms with Crippen molar-refractivity contribution in [2.75, 3.05) is 0 Å². The number of benzene rings is 1. The summed E-state index contributed by atoms with van der Waals surface area (Å²) in [5, 5.41) is 17.5. The minimum Gasteiger partial charge on any atom is -0.480 e. The van der Waals surface area contributed by atoms with E-state index in [2.05, 4.69) is 20.9 Å². The molecule has 0 saturated carbocycles. The summed E-state index contributed by atoms with van der Waals surface area (Å²) in [7, 11) is 0. The fourth-order valence-electron chi connectivity index (χ4n) is 3.94. The number of hydrogen-bond donors (Lipinski definition) is 8. The molecule has 0 aliphatic heterocycles. The van der Waals surface area contributed by atoms with Crippen LogP contribution in [0.1, 0.15) is 38.7 Å². The van der Waals surface area contributed by atoms with Crippen molar-refractivity contribution in [1.29, 1.82) is 0 Å². The van der Waals surface area contributed by atoms with E-state index in [1.165, 1.54) is 0 Å². The van der Waals surface area contributed by atoms with Crippen molar-refractivity contribution in [2.45, 2.75) is 63.7 Å². The minimum absolute atomic E-state index is 0.000844. The molecule has 5 atom stereocenters. The van der Waals surface area contributed by atoms with Gasteiger partial charge in [-0.1, -0.05) is 38.5 Å². The molecule has 5 amide bonds. The van der Waals surface area contributed by atoms with E-state index in [0.29, 0.717) is 12.0 Å². The van der Waals surface area contributed by atoms with Crippen LogP contribution in [0.15, 0.2) is 30.5 Å². The third kappa shape index (κ3) is 8.81. The Kier molecular flexibility index (Phi) is 11.0. The lowest BCUT2D eigenvalue weighted by Crippen LogP contribution is -2.59. The summed E-state index contributed by atoms with van der Waals surface area (Å²) in [6.07, 6.45) is 1.02. The molecule has 39 heavy (non-hydrogen) atoms. The Labute approximate surface area is 224 Å². The van der Waals surface area contributed by atoms with Gasteiger partial charge in [0, 0.05) is 23.5 Å². The molecule has 0 aliphatic carbocycles. The molecular weight excluding hydrogens is 510 g/mol. The van der Waals surface area contributed by atoms with Crippen LogP contribution in [-0.2, 0) is 35.2 Å². The molecule has 2 aromatic rings. The maximum atomic E-state index is 13.5. The molecule has 0 radical (unpaired) electrons. The van der Waals surface area contributed by atoms with E-state index in [9.17, 15) is 33.9 Å². The minimum atomic E-state index is -1.59. The molecule has 14 nitrogen and oxygen atoms in total. The number of aromatic nitrogens is 1. The molecular formula is C25H35N7O7. The van der Waals surface area contributed by atoms with Crippen molar-refractivity contribution in [1.82, 2.24) is 20.9 Å². The van der Waals surface area contributed by atoms with E-state index in [4.69, 9.17) is 17.2 Å². The first-order chi connectivity index (χ1) is 18.3. The lowest BCUT2D eigenvalue weighted by Gasteiger charge is -2.28. The maximum absolute atomic E-state index is 13.5. The Hall–Kier alpha value is -4.46. The molecule has 5 unspecified atom stereocenters. The number of aliphatic carboxylic acids is 1. The standard InChI is InChI=1S/C25H35N7O7/c1-3-12(2)21(24(37)31-18(25(38)39)10-20(28)34)32-23(36)17(30-22(35)15(26)9-19(27)33)8-13-11-29-16-7-5-4-6-14(13)16/h4-7,11-12,15,17-18,21,29H,3,8-10,26H2,1-2H3,(H2,27,33)(H2,28,34)(H,30,35)(H,31,37)(H,32,36)(H,38,39). The van der Waals surface area contributed by atoms with Crippen LogP contribution in [0.4, 0.5) is 0 Å². The predicted molar refractivity (Wildman–Crippen MR) is 140 cm³/mol. The van der Waals surface area contributed by atoms with Crippen LogP contribution in [0, 0.1) is 5.92 Å². The van der Waals surface area contributed by atoms with E-state index in [1.807, 2.05) is 24.3 Å². The SMILES string of the molecule is CCC(C)C(NC(=O)C(Cc1c[nH]c2ccccc12)NC(=O)C(N)CC(N)=O)C(=O)NC(CC(N)=O)C(=O)O. The molecule has 0 bridgehead atoms. The molecule has 1 aromatic carbocycles. The normalized spacial score (nSPS) is 14.8. The Morgan fingerprint density at radius 3 is 2.10 bits per heavy atom. The number of nitrogens with two attached hydrogens (primary N) is 3. The monoisotopic (exact) mass is 545 g/mol. The van der Waals surface area contributed by atoms with Gasteiger partial charge in [-0.2, -0.15) is 0 Å². The Morgan fingerprint density at radius 2 is 1.51 bits per heavy atom. The lowest BCUT2D eigenvalue weighted by atomic mass is 9.96. The van der Waals surface area contributed by atoms with Gasteiger partial charge in [0.2, 0.25) is 29.5 Å². The van der Waals surface area contributed by atoms with E-state index in [1.54, 1.807) is 20.0 Å². The first-order valence-corrected chi connectivity index (χ1v) is 12.3. The van der Waals surface area contributed by atoms with Crippen LogP contribution < -0.4 is 33.2 Å². The van der Waals surface area contributed by atoms with E-state index >= 15 is 0 Å². The zero-order chi connectivity index (χ0) is 29.3. The van der Waals surface area contributed by atoms with Crippen molar-refractivity contribution in [3.05, 3.63) is 36.0 Å². The van der Waals surface area contributed by atoms with E-state index in [0.717, 1.165) is 10.9 Å². The maximum Gasteiger partial charge on any atom is 0.326 e. The van der Waals surface area contributed by atoms with E-state index in [-0.39, 0.29) is 6.42 Å². The molecule has 0 aliphatic rings. The molecule has 2 rings (SSSR count). The Morgan fingerprint density at radius 1 is 0.897 bits per heavy atom. The van der Waals surface area contributed by atoms with Gasteiger partial charge in [-0.05, 0) is 17.5 Å². The highest BCUT2D eigenvalue weighted by atomic mass is 16.4. The van der Waals surface area contributed by atoms with Gasteiger partial charge in [0.05, 0.1) is 18.9 Å². The number of carbonyl (C=O) groups is 6. The van der Waals surface area contributed by atoms with Crippen molar-refractivity contribution in [3.8, 4) is 0 Å². The largest absolute Gasteiger partial charge is 0.480 e. The van der Waals surface area contributed by atoms with Gasteiger partial charge < -0.3 is 43.2 Å². The number of carbonyl (C=O) groups excluding carboxylic acids is 5. The Balaban J connectivity index is 2.33. The van der Waals surface area contributed by atoms with Gasteiger partial charge in [0.1, 0.15) is 18.1 Å². The highest BCUT2D eigenvalue weighted by Gasteiger charge is 2.33. The summed E-state index contributed by atoms with van der Waals surface area (Å²) >= 11 is 0. The van der Waals surface area contributed by atoms with Crippen LogP contribution in [0.25, 0.3) is 10.9 Å². The number of carboxylic acids is 1. The number of nitrogens with one attached hydrogen (secondary N) is 4. The fourth-order valence-corrected chi connectivity index (χ4v) is 3.94. The van der Waals surface area contributed by atoms with Gasteiger partial charge in [0.25, 0.3) is 0 Å². The molecule has 1 heterocycles. The number of aromatic amines is 1. The van der Waals surface area contributed by atoms with Crippen LogP contribution >= 0.6 is 0 Å². The molecule has 14 heteroatoms. The van der Waals surface area contributed by atoms with Gasteiger partial charge >= 0.3 is 5.97 Å². The second-order valence-corrected chi connectivity index (χ2v) is 9.34.